The SMILES string of the molecule is N=Nc1ccc2cc(C3=CCC(=NN)C=C3)[nH]c2c1. The number of nitrogens with two attached hydrogens (primary N) is 1. The van der Waals surface area contributed by atoms with E-state index in [9.17, 15) is 0 Å². The number of aromatic amines is 1. The van der Waals surface area contributed by atoms with E-state index < -0.39 is 0 Å². The standard InChI is InChI=1S/C14H13N5/c15-18-11-4-1-9(2-5-11)13-7-10-3-6-12(19-16)8-14(10)17-13/h1-4,6-8,16-17H,5,15H2. The van der Waals surface area contributed by atoms with Crippen LogP contribution >= 0.6 is 0 Å². The Kier molecular flexibility index (Phi) is 2.72. The summed E-state index contributed by atoms with van der Waals surface area (Å²) in [7, 11) is 0. The van der Waals surface area contributed by atoms with E-state index in [1.54, 1.807) is 0 Å². The Labute approximate surface area is 110 Å². The lowest BCUT2D eigenvalue weighted by atomic mass is 10.0. The summed E-state index contributed by atoms with van der Waals surface area (Å²) in [5.41, 5.74) is 11.7. The van der Waals surface area contributed by atoms with Crippen molar-refractivity contribution in [3.63, 3.8) is 0 Å². The van der Waals surface area contributed by atoms with E-state index >= 15 is 0 Å². The van der Waals surface area contributed by atoms with Crippen molar-refractivity contribution in [1.82, 2.24) is 4.98 Å². The summed E-state index contributed by atoms with van der Waals surface area (Å²) < 4.78 is 0. The van der Waals surface area contributed by atoms with Crippen LogP contribution in [0.4, 0.5) is 5.69 Å². The maximum absolute atomic E-state index is 7.03. The summed E-state index contributed by atoms with van der Waals surface area (Å²) in [4.78, 5) is 3.34. The first kappa shape index (κ1) is 11.4. The van der Waals surface area contributed by atoms with Crippen LogP contribution in [0, 0.1) is 5.53 Å². The van der Waals surface area contributed by atoms with Crippen LogP contribution in [0.15, 0.2) is 52.7 Å². The van der Waals surface area contributed by atoms with Gasteiger partial charge in [-0.15, -0.1) is 0 Å². The first-order chi connectivity index (χ1) is 9.30. The zero-order valence-electron chi connectivity index (χ0n) is 10.2. The summed E-state index contributed by atoms with van der Waals surface area (Å²) in [6, 6.07) is 7.75. The Bertz CT molecular complexity index is 733. The molecule has 0 aliphatic heterocycles. The number of nitrogens with one attached hydrogen (secondary N) is 2. The maximum atomic E-state index is 7.03. The van der Waals surface area contributed by atoms with E-state index in [4.69, 9.17) is 11.4 Å². The Balaban J connectivity index is 2.00. The minimum atomic E-state index is 0.645. The molecular formula is C14H13N5. The molecule has 19 heavy (non-hydrogen) atoms. The van der Waals surface area contributed by atoms with Gasteiger partial charge in [-0.1, -0.05) is 18.2 Å². The highest BCUT2D eigenvalue weighted by atomic mass is 15.1. The summed E-state index contributed by atoms with van der Waals surface area (Å²) in [5, 5.41) is 8.22. The average molecular weight is 251 g/mol. The molecular weight excluding hydrogens is 238 g/mol. The molecule has 0 amide bonds. The van der Waals surface area contributed by atoms with Gasteiger partial charge in [0.1, 0.15) is 0 Å². The van der Waals surface area contributed by atoms with Gasteiger partial charge in [0.15, 0.2) is 0 Å². The third-order valence-electron chi connectivity index (χ3n) is 3.20. The molecule has 1 aromatic heterocycles. The van der Waals surface area contributed by atoms with Crippen molar-refractivity contribution in [2.75, 3.05) is 0 Å². The summed E-state index contributed by atoms with van der Waals surface area (Å²) in [6.45, 7) is 0. The Morgan fingerprint density at radius 3 is 2.79 bits per heavy atom. The van der Waals surface area contributed by atoms with E-state index in [1.807, 2.05) is 30.4 Å². The normalized spacial score (nSPS) is 16.8. The molecule has 1 aliphatic rings. The Morgan fingerprint density at radius 2 is 2.11 bits per heavy atom. The average Bonchev–Trinajstić information content (AvgIpc) is 2.90. The number of nitrogens with zero attached hydrogens (tertiary/aromatic N) is 2. The molecule has 94 valence electrons. The zero-order valence-corrected chi connectivity index (χ0v) is 10.2. The van der Waals surface area contributed by atoms with Crippen LogP contribution < -0.4 is 5.84 Å². The molecule has 2 aromatic rings. The monoisotopic (exact) mass is 251 g/mol. The number of fused-ring (bicyclic) bond motifs is 1. The summed E-state index contributed by atoms with van der Waals surface area (Å²) in [5.74, 6) is 5.25. The molecule has 0 saturated heterocycles. The molecule has 1 aromatic carbocycles. The molecule has 0 radical (unpaired) electrons. The topological polar surface area (TPSA) is 90.4 Å². The van der Waals surface area contributed by atoms with E-state index in [1.165, 1.54) is 0 Å². The van der Waals surface area contributed by atoms with E-state index in [0.717, 1.165) is 34.3 Å². The highest BCUT2D eigenvalue weighted by Gasteiger charge is 2.08. The molecule has 1 aliphatic carbocycles. The zero-order chi connectivity index (χ0) is 13.2. The van der Waals surface area contributed by atoms with Crippen molar-refractivity contribution in [3.05, 3.63) is 48.2 Å². The first-order valence-corrected chi connectivity index (χ1v) is 5.96. The number of hydrogen-bond acceptors (Lipinski definition) is 4. The minimum Gasteiger partial charge on any atom is -0.354 e. The van der Waals surface area contributed by atoms with Crippen molar-refractivity contribution in [1.29, 1.82) is 5.53 Å². The van der Waals surface area contributed by atoms with Crippen molar-refractivity contribution in [2.24, 2.45) is 16.1 Å². The molecule has 0 fully saturated rings. The van der Waals surface area contributed by atoms with Crippen LogP contribution in [-0.2, 0) is 0 Å². The van der Waals surface area contributed by atoms with Gasteiger partial charge in [0, 0.05) is 23.0 Å². The minimum absolute atomic E-state index is 0.645. The molecule has 5 heteroatoms. The van der Waals surface area contributed by atoms with E-state index in [-0.39, 0.29) is 0 Å². The Hall–Kier alpha value is -2.69. The second-order valence-electron chi connectivity index (χ2n) is 4.38. The smallest absolute Gasteiger partial charge is 0.0871 e. The lowest BCUT2D eigenvalue weighted by molar-refractivity contribution is 1.15. The van der Waals surface area contributed by atoms with Gasteiger partial charge in [0.25, 0.3) is 0 Å². The number of rotatable bonds is 2. The molecule has 0 spiro atoms. The highest BCUT2D eigenvalue weighted by Crippen LogP contribution is 2.26. The van der Waals surface area contributed by atoms with Gasteiger partial charge < -0.3 is 10.8 Å². The van der Waals surface area contributed by atoms with Gasteiger partial charge in [-0.05, 0) is 29.8 Å². The summed E-state index contributed by atoms with van der Waals surface area (Å²) >= 11 is 0. The lowest BCUT2D eigenvalue weighted by Gasteiger charge is -2.05. The van der Waals surface area contributed by atoms with Crippen LogP contribution in [0.2, 0.25) is 0 Å². The third kappa shape index (κ3) is 2.06. The van der Waals surface area contributed by atoms with Crippen LogP contribution in [-0.4, -0.2) is 10.7 Å². The quantitative estimate of drug-likeness (QED) is 0.425. The second-order valence-corrected chi connectivity index (χ2v) is 4.38. The number of benzene rings is 1. The Morgan fingerprint density at radius 1 is 1.21 bits per heavy atom. The molecule has 0 saturated carbocycles. The lowest BCUT2D eigenvalue weighted by Crippen LogP contribution is -2.00. The second kappa shape index (κ2) is 4.53. The molecule has 3 rings (SSSR count). The number of hydrogen-bond donors (Lipinski definition) is 3. The molecule has 0 unspecified atom stereocenters. The molecule has 0 atom stereocenters. The van der Waals surface area contributed by atoms with E-state index in [2.05, 4.69) is 27.3 Å². The van der Waals surface area contributed by atoms with Gasteiger partial charge in [0.05, 0.1) is 11.4 Å². The van der Waals surface area contributed by atoms with Crippen molar-refractivity contribution in [2.45, 2.75) is 6.42 Å². The van der Waals surface area contributed by atoms with Crippen molar-refractivity contribution >= 4 is 27.9 Å². The largest absolute Gasteiger partial charge is 0.354 e. The van der Waals surface area contributed by atoms with Gasteiger partial charge in [-0.2, -0.15) is 10.2 Å². The number of aromatic nitrogens is 1. The van der Waals surface area contributed by atoms with Gasteiger partial charge in [0.2, 0.25) is 0 Å². The van der Waals surface area contributed by atoms with Gasteiger partial charge in [-0.3, -0.25) is 0 Å². The fourth-order valence-corrected chi connectivity index (χ4v) is 2.17. The number of hydrazone groups is 1. The molecule has 4 N–H and O–H groups in total. The number of allylic oxidation sites excluding steroid dienone is 4. The highest BCUT2D eigenvalue weighted by molar-refractivity contribution is 6.02. The molecule has 5 nitrogen and oxygen atoms in total. The molecule has 1 heterocycles. The number of H-pyrrole nitrogens is 1. The van der Waals surface area contributed by atoms with Crippen LogP contribution in [0.1, 0.15) is 12.1 Å². The van der Waals surface area contributed by atoms with Crippen LogP contribution in [0.25, 0.3) is 16.5 Å². The fraction of sp³-hybridized carbons (Fsp3) is 0.0714. The van der Waals surface area contributed by atoms with Crippen molar-refractivity contribution < 1.29 is 0 Å². The van der Waals surface area contributed by atoms with E-state index in [0.29, 0.717) is 5.69 Å². The predicted octanol–water partition coefficient (Wildman–Crippen LogP) is 3.49. The van der Waals surface area contributed by atoms with Crippen LogP contribution in [0.3, 0.4) is 0 Å². The predicted molar refractivity (Wildman–Crippen MR) is 76.5 cm³/mol. The third-order valence-corrected chi connectivity index (χ3v) is 3.20. The fourth-order valence-electron chi connectivity index (χ4n) is 2.17. The van der Waals surface area contributed by atoms with Gasteiger partial charge >= 0.3 is 0 Å². The van der Waals surface area contributed by atoms with Crippen molar-refractivity contribution in [3.8, 4) is 0 Å². The molecule has 0 bridgehead atoms. The first-order valence-electron chi connectivity index (χ1n) is 5.96. The summed E-state index contributed by atoms with van der Waals surface area (Å²) in [6.07, 6.45) is 6.75. The van der Waals surface area contributed by atoms with Crippen LogP contribution in [0.5, 0.6) is 0 Å². The van der Waals surface area contributed by atoms with Gasteiger partial charge in [-0.25, -0.2) is 5.53 Å². The maximum Gasteiger partial charge on any atom is 0.0871 e.